The van der Waals surface area contributed by atoms with E-state index in [-0.39, 0.29) is 11.1 Å². The van der Waals surface area contributed by atoms with Gasteiger partial charge in [0.05, 0.1) is 54.7 Å². The molecular formula is C27H22N4O6. The lowest BCUT2D eigenvalue weighted by Crippen LogP contribution is -2.20. The lowest BCUT2D eigenvalue weighted by molar-refractivity contribution is 0.0599. The number of carbonyl (C=O) groups excluding carboxylic acids is 2. The first-order valence-electron chi connectivity index (χ1n) is 11.2. The van der Waals surface area contributed by atoms with Gasteiger partial charge >= 0.3 is 11.9 Å². The monoisotopic (exact) mass is 498 g/mol. The Morgan fingerprint density at radius 1 is 0.892 bits per heavy atom. The van der Waals surface area contributed by atoms with E-state index < -0.39 is 17.5 Å². The molecule has 0 spiro atoms. The largest absolute Gasteiger partial charge is 0.497 e. The number of rotatable bonds is 5. The average molecular weight is 498 g/mol. The molecule has 3 aromatic heterocycles. The van der Waals surface area contributed by atoms with Gasteiger partial charge in [-0.1, -0.05) is 12.1 Å². The van der Waals surface area contributed by atoms with Crippen LogP contribution in [0.5, 0.6) is 5.75 Å². The van der Waals surface area contributed by atoms with E-state index in [4.69, 9.17) is 14.2 Å². The SMILES string of the molecule is COC(=O)c1cc(C(=O)OC)cc(-n2ccc3c(cnc4c(-c5ccc(OC)cc5)c(C)nn43)c2=O)c1. The summed E-state index contributed by atoms with van der Waals surface area (Å²) in [6.45, 7) is 1.88. The fraction of sp³-hybridized carbons (Fsp3) is 0.148. The van der Waals surface area contributed by atoms with Gasteiger partial charge in [-0.2, -0.15) is 5.10 Å². The number of benzene rings is 2. The van der Waals surface area contributed by atoms with E-state index in [0.717, 1.165) is 22.6 Å². The molecule has 10 nitrogen and oxygen atoms in total. The van der Waals surface area contributed by atoms with E-state index >= 15 is 0 Å². The molecule has 0 bridgehead atoms. The second kappa shape index (κ2) is 9.23. The molecule has 0 N–H and O–H groups in total. The third-order valence-corrected chi connectivity index (χ3v) is 6.10. The number of carbonyl (C=O) groups is 2. The quantitative estimate of drug-likeness (QED) is 0.338. The number of ether oxygens (including phenoxy) is 3. The number of fused-ring (bicyclic) bond motifs is 3. The van der Waals surface area contributed by atoms with Crippen LogP contribution in [0, 0.1) is 6.92 Å². The average Bonchev–Trinajstić information content (AvgIpc) is 3.28. The van der Waals surface area contributed by atoms with Crippen molar-refractivity contribution in [2.24, 2.45) is 0 Å². The number of hydrogen-bond acceptors (Lipinski definition) is 8. The highest BCUT2D eigenvalue weighted by atomic mass is 16.5. The summed E-state index contributed by atoms with van der Waals surface area (Å²) in [5.74, 6) is -0.562. The normalized spacial score (nSPS) is 11.0. The van der Waals surface area contributed by atoms with Gasteiger partial charge in [0.1, 0.15) is 5.75 Å². The molecule has 0 radical (unpaired) electrons. The Kier molecular flexibility index (Phi) is 5.92. The van der Waals surface area contributed by atoms with Gasteiger partial charge in [-0.3, -0.25) is 9.36 Å². The van der Waals surface area contributed by atoms with Gasteiger partial charge in [-0.25, -0.2) is 19.1 Å². The Morgan fingerprint density at radius 2 is 1.54 bits per heavy atom. The molecule has 5 rings (SSSR count). The van der Waals surface area contributed by atoms with Crippen molar-refractivity contribution in [3.05, 3.63) is 88.1 Å². The summed E-state index contributed by atoms with van der Waals surface area (Å²) >= 11 is 0. The molecule has 0 saturated carbocycles. The fourth-order valence-electron chi connectivity index (χ4n) is 4.30. The van der Waals surface area contributed by atoms with E-state index in [1.807, 2.05) is 31.2 Å². The predicted octanol–water partition coefficient (Wildman–Crippen LogP) is 3.59. The van der Waals surface area contributed by atoms with Crippen LogP contribution in [0.1, 0.15) is 26.4 Å². The summed E-state index contributed by atoms with van der Waals surface area (Å²) in [6, 6.07) is 13.6. The highest BCUT2D eigenvalue weighted by Gasteiger charge is 2.19. The maximum atomic E-state index is 13.5. The minimum absolute atomic E-state index is 0.104. The number of esters is 2. The molecule has 0 aliphatic heterocycles. The van der Waals surface area contributed by atoms with E-state index in [2.05, 4.69) is 10.1 Å². The summed E-state index contributed by atoms with van der Waals surface area (Å²) in [4.78, 5) is 42.5. The molecular weight excluding hydrogens is 476 g/mol. The number of pyridine rings is 1. The number of aromatic nitrogens is 4. The van der Waals surface area contributed by atoms with Crippen LogP contribution < -0.4 is 10.3 Å². The van der Waals surface area contributed by atoms with E-state index in [0.29, 0.717) is 22.2 Å². The highest BCUT2D eigenvalue weighted by molar-refractivity contribution is 5.96. The molecule has 0 unspecified atom stereocenters. The molecule has 0 aliphatic carbocycles. The van der Waals surface area contributed by atoms with Crippen molar-refractivity contribution in [1.29, 1.82) is 0 Å². The fourth-order valence-corrected chi connectivity index (χ4v) is 4.30. The van der Waals surface area contributed by atoms with E-state index in [9.17, 15) is 14.4 Å². The smallest absolute Gasteiger partial charge is 0.337 e. The second-order valence-corrected chi connectivity index (χ2v) is 8.22. The van der Waals surface area contributed by atoms with Gasteiger partial charge in [-0.15, -0.1) is 0 Å². The molecule has 186 valence electrons. The summed E-state index contributed by atoms with van der Waals surface area (Å²) in [5.41, 5.74) is 3.79. The van der Waals surface area contributed by atoms with Gasteiger partial charge in [0.25, 0.3) is 5.56 Å². The molecule has 0 saturated heterocycles. The molecule has 3 heterocycles. The Balaban J connectivity index is 1.69. The molecule has 10 heteroatoms. The van der Waals surface area contributed by atoms with Crippen molar-refractivity contribution in [2.75, 3.05) is 21.3 Å². The Morgan fingerprint density at radius 3 is 2.14 bits per heavy atom. The first kappa shape index (κ1) is 23.7. The zero-order chi connectivity index (χ0) is 26.3. The van der Waals surface area contributed by atoms with Gasteiger partial charge in [0.2, 0.25) is 0 Å². The van der Waals surface area contributed by atoms with Crippen LogP contribution in [-0.2, 0) is 9.47 Å². The molecule has 37 heavy (non-hydrogen) atoms. The first-order chi connectivity index (χ1) is 17.9. The maximum Gasteiger partial charge on any atom is 0.337 e. The minimum atomic E-state index is -0.651. The van der Waals surface area contributed by atoms with Gasteiger partial charge in [0.15, 0.2) is 5.65 Å². The van der Waals surface area contributed by atoms with Crippen LogP contribution >= 0.6 is 0 Å². The number of aryl methyl sites for hydroxylation is 1. The lowest BCUT2D eigenvalue weighted by Gasteiger charge is -2.11. The third kappa shape index (κ3) is 3.98. The number of methoxy groups -OCH3 is 3. The zero-order valence-electron chi connectivity index (χ0n) is 20.5. The standard InChI is InChI=1S/C27H22N4O6/c1-15-23(16-5-7-20(35-2)8-6-16)24-28-14-21-22(31(24)29-15)9-10-30(25(21)32)19-12-17(26(33)36-3)11-18(13-19)27(34)37-4/h5-14H,1-4H3. The zero-order valence-corrected chi connectivity index (χ0v) is 20.5. The van der Waals surface area contributed by atoms with E-state index in [1.165, 1.54) is 43.2 Å². The van der Waals surface area contributed by atoms with Gasteiger partial charge in [-0.05, 0) is 48.9 Å². The van der Waals surface area contributed by atoms with Crippen LogP contribution in [0.3, 0.4) is 0 Å². The lowest BCUT2D eigenvalue weighted by atomic mass is 10.1. The van der Waals surface area contributed by atoms with Crippen molar-refractivity contribution >= 4 is 28.5 Å². The van der Waals surface area contributed by atoms with Crippen molar-refractivity contribution in [3.63, 3.8) is 0 Å². The Labute approximate surface area is 210 Å². The molecule has 0 atom stereocenters. The van der Waals surface area contributed by atoms with Gasteiger partial charge < -0.3 is 14.2 Å². The minimum Gasteiger partial charge on any atom is -0.497 e. The summed E-state index contributed by atoms with van der Waals surface area (Å²) < 4.78 is 17.8. The van der Waals surface area contributed by atoms with Crippen LogP contribution in [0.15, 0.2) is 65.7 Å². The van der Waals surface area contributed by atoms with Crippen molar-refractivity contribution in [2.45, 2.75) is 6.92 Å². The van der Waals surface area contributed by atoms with Crippen molar-refractivity contribution in [3.8, 4) is 22.6 Å². The molecule has 5 aromatic rings. The van der Waals surface area contributed by atoms with Crippen LogP contribution in [-0.4, -0.2) is 52.4 Å². The second-order valence-electron chi connectivity index (χ2n) is 8.22. The van der Waals surface area contributed by atoms with Crippen LogP contribution in [0.25, 0.3) is 33.4 Å². The van der Waals surface area contributed by atoms with Crippen LogP contribution in [0.4, 0.5) is 0 Å². The molecule has 0 aliphatic rings. The summed E-state index contributed by atoms with van der Waals surface area (Å²) in [6.07, 6.45) is 3.06. The predicted molar refractivity (Wildman–Crippen MR) is 135 cm³/mol. The molecule has 0 fully saturated rings. The highest BCUT2D eigenvalue weighted by Crippen LogP contribution is 2.30. The van der Waals surface area contributed by atoms with Crippen LogP contribution in [0.2, 0.25) is 0 Å². The number of hydrogen-bond donors (Lipinski definition) is 0. The van der Waals surface area contributed by atoms with Crippen molar-refractivity contribution < 1.29 is 23.8 Å². The molecule has 2 aromatic carbocycles. The van der Waals surface area contributed by atoms with E-state index in [1.54, 1.807) is 23.9 Å². The first-order valence-corrected chi connectivity index (χ1v) is 11.2. The maximum absolute atomic E-state index is 13.5. The Bertz CT molecular complexity index is 1720. The topological polar surface area (TPSA) is 114 Å². The van der Waals surface area contributed by atoms with Gasteiger partial charge in [0, 0.05) is 18.0 Å². The summed E-state index contributed by atoms with van der Waals surface area (Å²) in [7, 11) is 4.08. The summed E-state index contributed by atoms with van der Waals surface area (Å²) in [5, 5.41) is 4.96. The molecule has 0 amide bonds. The third-order valence-electron chi connectivity index (χ3n) is 6.10. The van der Waals surface area contributed by atoms with Crippen molar-refractivity contribution in [1.82, 2.24) is 19.2 Å². The number of nitrogens with zero attached hydrogens (tertiary/aromatic N) is 4. The Hall–Kier alpha value is -4.99.